The van der Waals surface area contributed by atoms with Gasteiger partial charge >= 0.3 is 0 Å². The Balaban J connectivity index is 0.000000303. The maximum atomic E-state index is 4.96. The predicted molar refractivity (Wildman–Crippen MR) is 80.6 cm³/mol. The van der Waals surface area contributed by atoms with Crippen LogP contribution in [0.5, 0.6) is 5.75 Å². The van der Waals surface area contributed by atoms with Crippen molar-refractivity contribution in [2.75, 3.05) is 7.11 Å². The van der Waals surface area contributed by atoms with E-state index >= 15 is 0 Å². The van der Waals surface area contributed by atoms with Gasteiger partial charge < -0.3 is 4.74 Å². The number of rotatable bonds is 1. The molecule has 0 N–H and O–H groups in total. The molecule has 0 unspecified atom stereocenters. The Bertz CT molecular complexity index is 453. The van der Waals surface area contributed by atoms with Gasteiger partial charge in [0.2, 0.25) is 0 Å². The summed E-state index contributed by atoms with van der Waals surface area (Å²) in [5, 5.41) is 0. The molecule has 0 saturated carbocycles. The molecule has 2 heterocycles. The molecule has 0 fully saturated rings. The number of ether oxygens (including phenoxy) is 1. The first-order valence-electron chi connectivity index (χ1n) is 6.47. The summed E-state index contributed by atoms with van der Waals surface area (Å²) in [7, 11) is 1.65. The van der Waals surface area contributed by atoms with Crippen molar-refractivity contribution in [1.82, 2.24) is 9.97 Å². The van der Waals surface area contributed by atoms with Crippen LogP contribution in [0.4, 0.5) is 0 Å². The van der Waals surface area contributed by atoms with E-state index in [1.54, 1.807) is 13.3 Å². The standard InChI is InChI=1S/C7H9NO.C7H9N.C2H6/c1-6-5-7(9-2)3-4-8-6;1-6-3-4-8-7(2)5-6;1-2/h3-5H,1-2H3;3-5H,1-2H3;1-2H3. The maximum Gasteiger partial charge on any atom is 0.122 e. The number of methoxy groups -OCH3 is 1. The molecule has 0 aliphatic heterocycles. The Labute approximate surface area is 116 Å². The largest absolute Gasteiger partial charge is 0.497 e. The molecule has 0 atom stereocenters. The van der Waals surface area contributed by atoms with E-state index in [-0.39, 0.29) is 0 Å². The van der Waals surface area contributed by atoms with Gasteiger partial charge in [-0.25, -0.2) is 0 Å². The minimum absolute atomic E-state index is 0.863. The molecule has 0 amide bonds. The van der Waals surface area contributed by atoms with E-state index in [1.807, 2.05) is 52.1 Å². The highest BCUT2D eigenvalue weighted by atomic mass is 16.5. The van der Waals surface area contributed by atoms with Gasteiger partial charge in [-0.2, -0.15) is 0 Å². The quantitative estimate of drug-likeness (QED) is 0.773. The van der Waals surface area contributed by atoms with Crippen molar-refractivity contribution in [3.8, 4) is 5.75 Å². The molecule has 0 bridgehead atoms. The third-order valence-electron chi connectivity index (χ3n) is 2.16. The summed E-state index contributed by atoms with van der Waals surface area (Å²) in [6.07, 6.45) is 3.55. The molecule has 0 aromatic carbocycles. The fourth-order valence-electron chi connectivity index (χ4n) is 1.33. The molecule has 19 heavy (non-hydrogen) atoms. The zero-order valence-corrected chi connectivity index (χ0v) is 12.8. The molecule has 0 aliphatic carbocycles. The molecule has 104 valence electrons. The van der Waals surface area contributed by atoms with Gasteiger partial charge in [0.15, 0.2) is 0 Å². The predicted octanol–water partition coefficient (Wildman–Crippen LogP) is 4.12. The summed E-state index contributed by atoms with van der Waals surface area (Å²) in [4.78, 5) is 8.05. The van der Waals surface area contributed by atoms with Crippen LogP contribution in [0.3, 0.4) is 0 Å². The van der Waals surface area contributed by atoms with Gasteiger partial charge in [0.1, 0.15) is 5.75 Å². The Morgan fingerprint density at radius 3 is 1.68 bits per heavy atom. The first-order chi connectivity index (χ1) is 9.11. The van der Waals surface area contributed by atoms with Crippen molar-refractivity contribution in [1.29, 1.82) is 0 Å². The van der Waals surface area contributed by atoms with Gasteiger partial charge in [-0.05, 0) is 44.5 Å². The zero-order chi connectivity index (χ0) is 14.7. The third-order valence-corrected chi connectivity index (χ3v) is 2.16. The summed E-state index contributed by atoms with van der Waals surface area (Å²) >= 11 is 0. The van der Waals surface area contributed by atoms with E-state index in [1.165, 1.54) is 5.56 Å². The lowest BCUT2D eigenvalue weighted by atomic mass is 10.3. The molecule has 3 nitrogen and oxygen atoms in total. The highest BCUT2D eigenvalue weighted by Crippen LogP contribution is 2.07. The number of aromatic nitrogens is 2. The smallest absolute Gasteiger partial charge is 0.122 e. The first kappa shape index (κ1) is 17.1. The van der Waals surface area contributed by atoms with Gasteiger partial charge in [0, 0.05) is 29.8 Å². The van der Waals surface area contributed by atoms with Gasteiger partial charge in [0.25, 0.3) is 0 Å². The fraction of sp³-hybridized carbons (Fsp3) is 0.375. The van der Waals surface area contributed by atoms with Crippen LogP contribution in [0, 0.1) is 20.8 Å². The minimum atomic E-state index is 0.863. The summed E-state index contributed by atoms with van der Waals surface area (Å²) in [5.74, 6) is 0.863. The number of aryl methyl sites for hydroxylation is 3. The van der Waals surface area contributed by atoms with Crippen LogP contribution in [0.15, 0.2) is 36.7 Å². The summed E-state index contributed by atoms with van der Waals surface area (Å²) in [5.41, 5.74) is 3.34. The van der Waals surface area contributed by atoms with Crippen LogP contribution in [-0.4, -0.2) is 17.1 Å². The van der Waals surface area contributed by atoms with Crippen LogP contribution in [0.2, 0.25) is 0 Å². The topological polar surface area (TPSA) is 35.0 Å². The second-order valence-corrected chi connectivity index (χ2v) is 3.81. The number of hydrogen-bond donors (Lipinski definition) is 0. The second kappa shape index (κ2) is 10.1. The van der Waals surface area contributed by atoms with Crippen molar-refractivity contribution >= 4 is 0 Å². The van der Waals surface area contributed by atoms with E-state index in [9.17, 15) is 0 Å². The Morgan fingerprint density at radius 2 is 1.37 bits per heavy atom. The SMILES string of the molecule is CC.COc1ccnc(C)c1.Cc1ccnc(C)c1. The van der Waals surface area contributed by atoms with Gasteiger partial charge in [-0.3, -0.25) is 9.97 Å². The molecular weight excluding hydrogens is 236 g/mol. The highest BCUT2D eigenvalue weighted by Gasteiger charge is 1.88. The summed E-state index contributed by atoms with van der Waals surface area (Å²) in [6.45, 7) is 9.99. The van der Waals surface area contributed by atoms with Gasteiger partial charge in [-0.15, -0.1) is 0 Å². The van der Waals surface area contributed by atoms with Crippen molar-refractivity contribution in [2.24, 2.45) is 0 Å². The molecule has 3 heteroatoms. The van der Waals surface area contributed by atoms with E-state index in [2.05, 4.69) is 23.0 Å². The monoisotopic (exact) mass is 260 g/mol. The van der Waals surface area contributed by atoms with Crippen molar-refractivity contribution in [2.45, 2.75) is 34.6 Å². The number of pyridine rings is 2. The summed E-state index contributed by atoms with van der Waals surface area (Å²) in [6, 6.07) is 7.76. The molecule has 2 aromatic rings. The van der Waals surface area contributed by atoms with Crippen LogP contribution in [0.25, 0.3) is 0 Å². The average molecular weight is 260 g/mol. The molecule has 2 rings (SSSR count). The summed E-state index contributed by atoms with van der Waals surface area (Å²) < 4.78 is 4.96. The molecule has 2 aromatic heterocycles. The Kier molecular flexibility index (Phi) is 9.06. The van der Waals surface area contributed by atoms with Crippen LogP contribution < -0.4 is 4.74 Å². The van der Waals surface area contributed by atoms with E-state index < -0.39 is 0 Å². The highest BCUT2D eigenvalue weighted by molar-refractivity contribution is 5.21. The molecule has 0 saturated heterocycles. The van der Waals surface area contributed by atoms with Crippen LogP contribution in [0.1, 0.15) is 30.8 Å². The molecule has 0 spiro atoms. The minimum Gasteiger partial charge on any atom is -0.497 e. The second-order valence-electron chi connectivity index (χ2n) is 3.81. The van der Waals surface area contributed by atoms with E-state index in [0.29, 0.717) is 0 Å². The fourth-order valence-corrected chi connectivity index (χ4v) is 1.33. The first-order valence-corrected chi connectivity index (χ1v) is 6.47. The maximum absolute atomic E-state index is 4.96. The number of nitrogens with zero attached hydrogens (tertiary/aromatic N) is 2. The van der Waals surface area contributed by atoms with Crippen LogP contribution in [-0.2, 0) is 0 Å². The van der Waals surface area contributed by atoms with Crippen LogP contribution >= 0.6 is 0 Å². The van der Waals surface area contributed by atoms with Gasteiger partial charge in [0.05, 0.1) is 7.11 Å². The Hall–Kier alpha value is -1.90. The van der Waals surface area contributed by atoms with E-state index in [4.69, 9.17) is 4.74 Å². The lowest BCUT2D eigenvalue weighted by molar-refractivity contribution is 0.414. The normalized spacial score (nSPS) is 8.53. The lowest BCUT2D eigenvalue weighted by Gasteiger charge is -1.97. The molecule has 0 radical (unpaired) electrons. The zero-order valence-electron chi connectivity index (χ0n) is 12.8. The third kappa shape index (κ3) is 7.92. The lowest BCUT2D eigenvalue weighted by Crippen LogP contribution is -1.84. The van der Waals surface area contributed by atoms with Crippen molar-refractivity contribution in [3.05, 3.63) is 53.6 Å². The van der Waals surface area contributed by atoms with E-state index in [0.717, 1.165) is 17.1 Å². The average Bonchev–Trinajstić information content (AvgIpc) is 2.41. The molecular formula is C16H24N2O. The molecule has 0 aliphatic rings. The van der Waals surface area contributed by atoms with Crippen molar-refractivity contribution < 1.29 is 4.74 Å². The van der Waals surface area contributed by atoms with Gasteiger partial charge in [-0.1, -0.05) is 13.8 Å². The Morgan fingerprint density at radius 1 is 0.842 bits per heavy atom. The number of hydrogen-bond acceptors (Lipinski definition) is 3. The van der Waals surface area contributed by atoms with Crippen molar-refractivity contribution in [3.63, 3.8) is 0 Å².